The summed E-state index contributed by atoms with van der Waals surface area (Å²) in [7, 11) is 0. The van der Waals surface area contributed by atoms with Gasteiger partial charge in [0.05, 0.1) is 0 Å². The first kappa shape index (κ1) is 14.1. The molecule has 7 heteroatoms. The van der Waals surface area contributed by atoms with Gasteiger partial charge in [0.15, 0.2) is 17.3 Å². The van der Waals surface area contributed by atoms with Crippen LogP contribution in [0.2, 0.25) is 0 Å². The van der Waals surface area contributed by atoms with Crippen LogP contribution in [0.25, 0.3) is 11.0 Å². The monoisotopic (exact) mass is 303 g/mol. The van der Waals surface area contributed by atoms with Gasteiger partial charge in [0, 0.05) is 24.2 Å². The average molecular weight is 303 g/mol. The molecule has 0 aliphatic heterocycles. The van der Waals surface area contributed by atoms with E-state index in [0.717, 1.165) is 12.1 Å². The topological polar surface area (TPSA) is 57.0 Å². The second kappa shape index (κ2) is 5.51. The smallest absolute Gasteiger partial charge is 0.295 e. The normalized spacial score (nSPS) is 10.9. The van der Waals surface area contributed by atoms with Crippen molar-refractivity contribution >= 4 is 11.0 Å². The molecule has 1 aromatic carbocycles. The van der Waals surface area contributed by atoms with Gasteiger partial charge in [-0.2, -0.15) is 0 Å². The quantitative estimate of drug-likeness (QED) is 0.746. The summed E-state index contributed by atoms with van der Waals surface area (Å²) < 4.78 is 33.3. The predicted octanol–water partition coefficient (Wildman–Crippen LogP) is 2.88. The third-order valence-electron chi connectivity index (χ3n) is 3.15. The highest BCUT2D eigenvalue weighted by molar-refractivity contribution is 5.75. The third-order valence-corrected chi connectivity index (χ3v) is 3.15. The Morgan fingerprint density at radius 3 is 2.77 bits per heavy atom. The van der Waals surface area contributed by atoms with E-state index in [0.29, 0.717) is 23.6 Å². The molecular weight excluding hydrogens is 292 g/mol. The van der Waals surface area contributed by atoms with Crippen molar-refractivity contribution in [1.82, 2.24) is 14.5 Å². The number of halogens is 2. The second-order valence-corrected chi connectivity index (χ2v) is 4.54. The largest absolute Gasteiger partial charge is 0.448 e. The molecular formula is C15H11F2N3O2. The summed E-state index contributed by atoms with van der Waals surface area (Å²) in [6, 6.07) is 4.32. The molecule has 0 saturated heterocycles. The summed E-state index contributed by atoms with van der Waals surface area (Å²) in [6.45, 7) is 2.15. The van der Waals surface area contributed by atoms with Crippen LogP contribution in [-0.2, 0) is 6.54 Å². The molecule has 0 aliphatic rings. The van der Waals surface area contributed by atoms with E-state index in [4.69, 9.17) is 4.74 Å². The van der Waals surface area contributed by atoms with Gasteiger partial charge in [-0.25, -0.2) is 18.7 Å². The van der Waals surface area contributed by atoms with Crippen molar-refractivity contribution in [3.8, 4) is 11.5 Å². The van der Waals surface area contributed by atoms with E-state index in [2.05, 4.69) is 9.97 Å². The van der Waals surface area contributed by atoms with Crippen molar-refractivity contribution in [1.29, 1.82) is 0 Å². The predicted molar refractivity (Wildman–Crippen MR) is 75.9 cm³/mol. The van der Waals surface area contributed by atoms with Gasteiger partial charge in [0.25, 0.3) is 5.56 Å². The minimum atomic E-state index is -0.883. The standard InChI is InChI=1S/C15H11F2N3O2/c1-2-20-14-9(7-18-8-19-14)5-13(15(20)21)22-12-4-3-10(16)6-11(12)17/h3-8H,2H2,1H3. The van der Waals surface area contributed by atoms with Crippen LogP contribution in [0.5, 0.6) is 11.5 Å². The Labute approximate surface area is 123 Å². The number of hydrogen-bond acceptors (Lipinski definition) is 4. The Balaban J connectivity index is 2.15. The Morgan fingerprint density at radius 1 is 1.23 bits per heavy atom. The highest BCUT2D eigenvalue weighted by atomic mass is 19.1. The highest BCUT2D eigenvalue weighted by Crippen LogP contribution is 2.24. The second-order valence-electron chi connectivity index (χ2n) is 4.54. The van der Waals surface area contributed by atoms with E-state index in [9.17, 15) is 13.6 Å². The van der Waals surface area contributed by atoms with Gasteiger partial charge in [-0.3, -0.25) is 9.36 Å². The number of ether oxygens (including phenoxy) is 1. The van der Waals surface area contributed by atoms with E-state index in [1.54, 1.807) is 6.92 Å². The van der Waals surface area contributed by atoms with Gasteiger partial charge in [-0.1, -0.05) is 0 Å². The van der Waals surface area contributed by atoms with Crippen molar-refractivity contribution in [3.05, 3.63) is 58.8 Å². The van der Waals surface area contributed by atoms with E-state index in [1.807, 2.05) is 0 Å². The Hall–Kier alpha value is -2.83. The SMILES string of the molecule is CCn1c(=O)c(Oc2ccc(F)cc2F)cc2cncnc21. The first-order valence-electron chi connectivity index (χ1n) is 6.56. The third kappa shape index (κ3) is 2.41. The molecule has 0 spiro atoms. The lowest BCUT2D eigenvalue weighted by molar-refractivity contribution is 0.429. The molecule has 112 valence electrons. The lowest BCUT2D eigenvalue weighted by Gasteiger charge is -2.11. The summed E-state index contributed by atoms with van der Waals surface area (Å²) in [5.41, 5.74) is 0.0202. The van der Waals surface area contributed by atoms with E-state index < -0.39 is 17.2 Å². The fraction of sp³-hybridized carbons (Fsp3) is 0.133. The molecule has 0 saturated carbocycles. The zero-order valence-electron chi connectivity index (χ0n) is 11.6. The maximum absolute atomic E-state index is 13.7. The van der Waals surface area contributed by atoms with Crippen LogP contribution < -0.4 is 10.3 Å². The van der Waals surface area contributed by atoms with Gasteiger partial charge in [-0.05, 0) is 25.1 Å². The van der Waals surface area contributed by atoms with E-state index >= 15 is 0 Å². The van der Waals surface area contributed by atoms with Crippen LogP contribution in [0.4, 0.5) is 8.78 Å². The molecule has 0 N–H and O–H groups in total. The average Bonchev–Trinajstić information content (AvgIpc) is 2.51. The maximum atomic E-state index is 13.7. The summed E-state index contributed by atoms with van der Waals surface area (Å²) in [6.07, 6.45) is 2.87. The van der Waals surface area contributed by atoms with Crippen LogP contribution in [-0.4, -0.2) is 14.5 Å². The number of nitrogens with zero attached hydrogens (tertiary/aromatic N) is 3. The van der Waals surface area contributed by atoms with E-state index in [-0.39, 0.29) is 11.5 Å². The van der Waals surface area contributed by atoms with E-state index in [1.165, 1.54) is 23.2 Å². The number of hydrogen-bond donors (Lipinski definition) is 0. The number of aromatic nitrogens is 3. The lowest BCUT2D eigenvalue weighted by atomic mass is 10.3. The number of benzene rings is 1. The molecule has 0 amide bonds. The van der Waals surface area contributed by atoms with Crippen molar-refractivity contribution in [2.24, 2.45) is 0 Å². The summed E-state index contributed by atoms with van der Waals surface area (Å²) in [5.74, 6) is -1.90. The molecule has 0 atom stereocenters. The highest BCUT2D eigenvalue weighted by Gasteiger charge is 2.13. The first-order chi connectivity index (χ1) is 10.6. The van der Waals surface area contributed by atoms with Crippen LogP contribution in [0.3, 0.4) is 0 Å². The first-order valence-corrected chi connectivity index (χ1v) is 6.56. The Kier molecular flexibility index (Phi) is 3.54. The van der Waals surface area contributed by atoms with Gasteiger partial charge >= 0.3 is 0 Å². The molecule has 0 bridgehead atoms. The maximum Gasteiger partial charge on any atom is 0.295 e. The fourth-order valence-corrected chi connectivity index (χ4v) is 2.14. The zero-order chi connectivity index (χ0) is 15.7. The number of fused-ring (bicyclic) bond motifs is 1. The molecule has 5 nitrogen and oxygen atoms in total. The lowest BCUT2D eigenvalue weighted by Crippen LogP contribution is -2.21. The molecule has 3 rings (SSSR count). The number of pyridine rings is 1. The zero-order valence-corrected chi connectivity index (χ0v) is 11.6. The van der Waals surface area contributed by atoms with Crippen molar-refractivity contribution < 1.29 is 13.5 Å². The molecule has 2 aromatic heterocycles. The van der Waals surface area contributed by atoms with Gasteiger partial charge in [0.2, 0.25) is 0 Å². The molecule has 3 aromatic rings. The summed E-state index contributed by atoms with van der Waals surface area (Å²) >= 11 is 0. The number of aryl methyl sites for hydroxylation is 1. The minimum absolute atomic E-state index is 0.0744. The molecule has 0 unspecified atom stereocenters. The summed E-state index contributed by atoms with van der Waals surface area (Å²) in [4.78, 5) is 20.3. The fourth-order valence-electron chi connectivity index (χ4n) is 2.14. The van der Waals surface area contributed by atoms with Crippen LogP contribution >= 0.6 is 0 Å². The molecule has 0 fully saturated rings. The van der Waals surface area contributed by atoms with Gasteiger partial charge in [-0.15, -0.1) is 0 Å². The molecule has 2 heterocycles. The molecule has 0 radical (unpaired) electrons. The van der Waals surface area contributed by atoms with Crippen molar-refractivity contribution in [2.75, 3.05) is 0 Å². The van der Waals surface area contributed by atoms with Crippen molar-refractivity contribution in [3.63, 3.8) is 0 Å². The van der Waals surface area contributed by atoms with Crippen molar-refractivity contribution in [2.45, 2.75) is 13.5 Å². The van der Waals surface area contributed by atoms with Crippen LogP contribution in [0.15, 0.2) is 41.6 Å². The Bertz CT molecular complexity index is 909. The van der Waals surface area contributed by atoms with Crippen LogP contribution in [0, 0.1) is 11.6 Å². The summed E-state index contributed by atoms with van der Waals surface area (Å²) in [5, 5.41) is 0.585. The molecule has 0 aliphatic carbocycles. The minimum Gasteiger partial charge on any atom is -0.448 e. The Morgan fingerprint density at radius 2 is 2.05 bits per heavy atom. The number of rotatable bonds is 3. The molecule has 22 heavy (non-hydrogen) atoms. The van der Waals surface area contributed by atoms with Gasteiger partial charge < -0.3 is 4.74 Å². The van der Waals surface area contributed by atoms with Gasteiger partial charge in [0.1, 0.15) is 17.8 Å². The van der Waals surface area contributed by atoms with Crippen LogP contribution in [0.1, 0.15) is 6.92 Å².